The topological polar surface area (TPSA) is 71.5 Å². The summed E-state index contributed by atoms with van der Waals surface area (Å²) in [5.74, 6) is -2.03. The minimum atomic E-state index is -0.784. The number of fused-ring (bicyclic) bond motifs is 1. The van der Waals surface area contributed by atoms with E-state index < -0.39 is 23.7 Å². The predicted molar refractivity (Wildman–Crippen MR) is 117 cm³/mol. The van der Waals surface area contributed by atoms with E-state index in [0.29, 0.717) is 25.3 Å². The lowest BCUT2D eigenvalue weighted by molar-refractivity contribution is -0.128. The molecular weight excluding hydrogens is 452 g/mol. The smallest absolute Gasteiger partial charge is 0.273 e. The number of piperidine rings is 1. The second-order valence-corrected chi connectivity index (χ2v) is 9.41. The van der Waals surface area contributed by atoms with E-state index >= 15 is 0 Å². The summed E-state index contributed by atoms with van der Waals surface area (Å²) in [4.78, 5) is 32.5. The molecule has 1 saturated carbocycles. The lowest BCUT2D eigenvalue weighted by Crippen LogP contribution is -2.51. The van der Waals surface area contributed by atoms with Gasteiger partial charge in [-0.05, 0) is 55.0 Å². The van der Waals surface area contributed by atoms with E-state index in [1.807, 2.05) is 13.0 Å². The Kier molecular flexibility index (Phi) is 5.82. The van der Waals surface area contributed by atoms with E-state index in [0.717, 1.165) is 30.5 Å². The highest BCUT2D eigenvalue weighted by atomic mass is 35.5. The van der Waals surface area contributed by atoms with Crippen LogP contribution in [-0.4, -0.2) is 47.0 Å². The van der Waals surface area contributed by atoms with Crippen LogP contribution in [-0.2, 0) is 16.0 Å². The number of nitrogens with zero attached hydrogens (tertiary/aromatic N) is 2. The van der Waals surface area contributed by atoms with Crippen molar-refractivity contribution in [3.63, 3.8) is 0 Å². The number of likely N-dealkylation sites (tertiary alicyclic amines) is 1. The van der Waals surface area contributed by atoms with Crippen molar-refractivity contribution >= 4 is 23.4 Å². The maximum Gasteiger partial charge on any atom is 0.273 e. The van der Waals surface area contributed by atoms with Crippen molar-refractivity contribution in [2.24, 2.45) is 11.8 Å². The molecule has 1 N–H and O–H groups in total. The second kappa shape index (κ2) is 8.65. The molecule has 33 heavy (non-hydrogen) atoms. The number of aromatic nitrogens is 1. The maximum atomic E-state index is 14.7. The zero-order chi connectivity index (χ0) is 23.3. The third kappa shape index (κ3) is 4.10. The number of carbonyl (C=O) groups excluding carboxylic acids is 2. The maximum absolute atomic E-state index is 14.7. The van der Waals surface area contributed by atoms with Gasteiger partial charge in [-0.3, -0.25) is 14.6 Å². The van der Waals surface area contributed by atoms with Crippen LogP contribution in [0.25, 0.3) is 0 Å². The number of halogens is 3. The number of aryl methyl sites for hydroxylation is 1. The number of hydrogen-bond acceptors (Lipinski definition) is 4. The molecule has 2 saturated heterocycles. The van der Waals surface area contributed by atoms with E-state index in [9.17, 15) is 18.4 Å². The first-order chi connectivity index (χ1) is 15.9. The van der Waals surface area contributed by atoms with Crippen molar-refractivity contribution < 1.29 is 23.1 Å². The Labute approximate surface area is 195 Å². The van der Waals surface area contributed by atoms with Gasteiger partial charge in [0.1, 0.15) is 23.4 Å². The number of pyridine rings is 1. The van der Waals surface area contributed by atoms with Crippen LogP contribution in [0.15, 0.2) is 30.5 Å². The average Bonchev–Trinajstić information content (AvgIpc) is 3.43. The largest absolute Gasteiger partial charge is 0.381 e. The molecule has 3 fully saturated rings. The quantitative estimate of drug-likeness (QED) is 0.647. The number of rotatable bonds is 6. The third-order valence-corrected chi connectivity index (χ3v) is 7.19. The standard InChI is InChI=1S/C24H24ClF2N3O3/c1-2-12-3-4-28-19(5-12)24(32)30-20-6-13(20)7-21(30)23(31)29-22(14-10-33-11-14)15-8-18(27)16(25)9-17(15)26/h3-5,8-9,13-14,20-22H,2,6-7,10-11H2,1H3,(H,29,31)/t13-,20-,21-,22?/m1/s1. The van der Waals surface area contributed by atoms with Gasteiger partial charge >= 0.3 is 0 Å². The van der Waals surface area contributed by atoms with Gasteiger partial charge in [-0.2, -0.15) is 0 Å². The highest BCUT2D eigenvalue weighted by molar-refractivity contribution is 6.30. The first kappa shape index (κ1) is 22.2. The average molecular weight is 476 g/mol. The number of nitrogens with one attached hydrogen (secondary N) is 1. The van der Waals surface area contributed by atoms with Gasteiger partial charge in [0.25, 0.3) is 5.91 Å². The Morgan fingerprint density at radius 1 is 1.24 bits per heavy atom. The van der Waals surface area contributed by atoms with E-state index in [4.69, 9.17) is 16.3 Å². The van der Waals surface area contributed by atoms with Gasteiger partial charge in [-0.1, -0.05) is 18.5 Å². The highest BCUT2D eigenvalue weighted by Gasteiger charge is 2.56. The molecule has 2 amide bonds. The Hall–Kier alpha value is -2.58. The molecule has 9 heteroatoms. The minimum absolute atomic E-state index is 0.00975. The summed E-state index contributed by atoms with van der Waals surface area (Å²) in [5, 5.41) is 2.56. The van der Waals surface area contributed by atoms with E-state index in [1.54, 1.807) is 17.2 Å². The van der Waals surface area contributed by atoms with Crippen molar-refractivity contribution in [3.8, 4) is 0 Å². The minimum Gasteiger partial charge on any atom is -0.381 e. The molecule has 1 aromatic carbocycles. The summed E-state index contributed by atoms with van der Waals surface area (Å²) >= 11 is 5.70. The molecule has 174 valence electrons. The monoisotopic (exact) mass is 475 g/mol. The molecule has 4 atom stereocenters. The second-order valence-electron chi connectivity index (χ2n) is 9.00. The van der Waals surface area contributed by atoms with Gasteiger partial charge in [0.15, 0.2) is 0 Å². The highest BCUT2D eigenvalue weighted by Crippen LogP contribution is 2.48. The Balaban J connectivity index is 1.39. The molecule has 3 heterocycles. The molecular formula is C24H24ClF2N3O3. The molecule has 0 bridgehead atoms. The summed E-state index contributed by atoms with van der Waals surface area (Å²) in [5.41, 5.74) is 1.33. The molecule has 1 aromatic heterocycles. The van der Waals surface area contributed by atoms with Crippen LogP contribution in [0.1, 0.15) is 47.4 Å². The van der Waals surface area contributed by atoms with Crippen LogP contribution in [0.2, 0.25) is 5.02 Å². The molecule has 1 unspecified atom stereocenters. The van der Waals surface area contributed by atoms with Gasteiger partial charge in [0, 0.05) is 23.7 Å². The van der Waals surface area contributed by atoms with E-state index in [2.05, 4.69) is 10.3 Å². The molecule has 0 spiro atoms. The fourth-order valence-corrected chi connectivity index (χ4v) is 5.00. The zero-order valence-electron chi connectivity index (χ0n) is 18.1. The fourth-order valence-electron chi connectivity index (χ4n) is 4.85. The van der Waals surface area contributed by atoms with Crippen LogP contribution in [0, 0.1) is 23.5 Å². The molecule has 5 rings (SSSR count). The molecule has 0 radical (unpaired) electrons. The van der Waals surface area contributed by atoms with Crippen molar-refractivity contribution in [1.82, 2.24) is 15.2 Å². The van der Waals surface area contributed by atoms with Gasteiger partial charge in [-0.25, -0.2) is 8.78 Å². The van der Waals surface area contributed by atoms with Crippen molar-refractivity contribution in [2.45, 2.75) is 44.3 Å². The number of hydrogen-bond donors (Lipinski definition) is 1. The van der Waals surface area contributed by atoms with Crippen molar-refractivity contribution in [3.05, 3.63) is 63.9 Å². The third-order valence-electron chi connectivity index (χ3n) is 6.90. The number of amides is 2. The molecule has 6 nitrogen and oxygen atoms in total. The zero-order valence-corrected chi connectivity index (χ0v) is 18.8. The molecule has 2 aliphatic heterocycles. The van der Waals surface area contributed by atoms with Gasteiger partial charge in [-0.15, -0.1) is 0 Å². The number of ether oxygens (including phenoxy) is 1. The lowest BCUT2D eigenvalue weighted by Gasteiger charge is -2.36. The summed E-state index contributed by atoms with van der Waals surface area (Å²) in [7, 11) is 0. The lowest BCUT2D eigenvalue weighted by atomic mass is 9.90. The SMILES string of the molecule is CCc1ccnc(C(=O)N2[C@@H](C(=O)NC(c3cc(F)c(Cl)cc3F)C3COC3)C[C@H]3C[C@H]32)c1. The Morgan fingerprint density at radius 2 is 2.03 bits per heavy atom. The van der Waals surface area contributed by atoms with Crippen LogP contribution >= 0.6 is 11.6 Å². The number of carbonyl (C=O) groups is 2. The van der Waals surface area contributed by atoms with Gasteiger partial charge in [0.05, 0.1) is 24.3 Å². The normalized spacial score (nSPS) is 24.7. The number of benzene rings is 1. The van der Waals surface area contributed by atoms with Gasteiger partial charge in [0.2, 0.25) is 5.91 Å². The van der Waals surface area contributed by atoms with Gasteiger partial charge < -0.3 is 15.0 Å². The van der Waals surface area contributed by atoms with Crippen molar-refractivity contribution in [1.29, 1.82) is 0 Å². The molecule has 1 aliphatic carbocycles. The van der Waals surface area contributed by atoms with Crippen LogP contribution < -0.4 is 5.32 Å². The molecule has 2 aromatic rings. The summed E-state index contributed by atoms with van der Waals surface area (Å²) < 4.78 is 34.0. The summed E-state index contributed by atoms with van der Waals surface area (Å²) in [6.45, 7) is 2.64. The van der Waals surface area contributed by atoms with Crippen LogP contribution in [0.4, 0.5) is 8.78 Å². The summed E-state index contributed by atoms with van der Waals surface area (Å²) in [6, 6.07) is 4.10. The predicted octanol–water partition coefficient (Wildman–Crippen LogP) is 3.68. The van der Waals surface area contributed by atoms with Crippen molar-refractivity contribution in [2.75, 3.05) is 13.2 Å². The molecule has 3 aliphatic rings. The Bertz CT molecular complexity index is 1110. The fraction of sp³-hybridized carbons (Fsp3) is 0.458. The van der Waals surface area contributed by atoms with E-state index in [1.165, 1.54) is 0 Å². The Morgan fingerprint density at radius 3 is 2.73 bits per heavy atom. The first-order valence-corrected chi connectivity index (χ1v) is 11.5. The first-order valence-electron chi connectivity index (χ1n) is 11.2. The van der Waals surface area contributed by atoms with Crippen LogP contribution in [0.3, 0.4) is 0 Å². The van der Waals surface area contributed by atoms with E-state index in [-0.39, 0.29) is 40.3 Å². The summed E-state index contributed by atoms with van der Waals surface area (Å²) in [6.07, 6.45) is 3.78. The van der Waals surface area contributed by atoms with Crippen LogP contribution in [0.5, 0.6) is 0 Å².